The Labute approximate surface area is 151 Å². The van der Waals surface area contributed by atoms with Crippen LogP contribution in [-0.4, -0.2) is 16.4 Å². The topological polar surface area (TPSA) is 24.4 Å². The molecule has 1 aliphatic rings. The van der Waals surface area contributed by atoms with Crippen LogP contribution < -0.4 is 5.32 Å². The summed E-state index contributed by atoms with van der Waals surface area (Å²) in [6, 6.07) is 3.60. The van der Waals surface area contributed by atoms with E-state index in [9.17, 15) is 13.2 Å². The third kappa shape index (κ3) is 4.93. The van der Waals surface area contributed by atoms with Crippen molar-refractivity contribution in [2.24, 2.45) is 4.99 Å². The minimum absolute atomic E-state index is 0. The molecule has 0 fully saturated rings. The van der Waals surface area contributed by atoms with Gasteiger partial charge in [-0.05, 0) is 35.8 Å². The number of alkyl halides is 4. The maximum absolute atomic E-state index is 12.6. The fourth-order valence-electron chi connectivity index (χ4n) is 1.70. The summed E-state index contributed by atoms with van der Waals surface area (Å²) in [6.45, 7) is 1.86. The molecule has 1 atom stereocenters. The number of fused-ring (bicyclic) bond motifs is 1. The quantitative estimate of drug-likeness (QED) is 0.350. The average molecular weight is 530 g/mol. The standard InChI is InChI=1S/C11H11F3N2S.CH3I.HI/c1-6-8-4-3-7(11(12,13)14)5-9(8)16-10(15-6)17-2;1-2;/h3-6H,1-2H3,(H,15,16);1H3;1H. The van der Waals surface area contributed by atoms with E-state index in [2.05, 4.69) is 32.9 Å². The van der Waals surface area contributed by atoms with Crippen LogP contribution in [0.2, 0.25) is 0 Å². The number of nitrogens with zero attached hydrogens (tertiary/aromatic N) is 1. The first kappa shape index (κ1) is 20.3. The third-order valence-corrected chi connectivity index (χ3v) is 3.17. The Hall–Kier alpha value is 0.290. The average Bonchev–Trinajstić information content (AvgIpc) is 2.39. The lowest BCUT2D eigenvalue weighted by Gasteiger charge is -2.23. The number of benzene rings is 1. The van der Waals surface area contributed by atoms with Crippen LogP contribution in [0.15, 0.2) is 23.2 Å². The van der Waals surface area contributed by atoms with E-state index in [-0.39, 0.29) is 30.0 Å². The second kappa shape index (κ2) is 8.66. The van der Waals surface area contributed by atoms with Crippen molar-refractivity contribution in [3.63, 3.8) is 0 Å². The Morgan fingerprint density at radius 2 is 1.90 bits per heavy atom. The van der Waals surface area contributed by atoms with Gasteiger partial charge in [-0.25, -0.2) is 0 Å². The van der Waals surface area contributed by atoms with Crippen LogP contribution in [0.25, 0.3) is 0 Å². The van der Waals surface area contributed by atoms with Gasteiger partial charge in [-0.3, -0.25) is 4.99 Å². The number of hydrogen-bond acceptors (Lipinski definition) is 3. The van der Waals surface area contributed by atoms with E-state index in [1.807, 2.05) is 18.1 Å². The molecular formula is C12H15F3I2N2S. The number of thioether (sulfide) groups is 1. The van der Waals surface area contributed by atoms with Crippen LogP contribution in [-0.2, 0) is 6.18 Å². The Bertz CT molecular complexity index is 478. The van der Waals surface area contributed by atoms with E-state index in [4.69, 9.17) is 0 Å². The van der Waals surface area contributed by atoms with E-state index in [1.54, 1.807) is 0 Å². The van der Waals surface area contributed by atoms with E-state index in [1.165, 1.54) is 17.8 Å². The molecule has 8 heteroatoms. The summed E-state index contributed by atoms with van der Waals surface area (Å²) in [7, 11) is 0. The predicted octanol–water partition coefficient (Wildman–Crippen LogP) is 5.58. The molecule has 0 spiro atoms. The van der Waals surface area contributed by atoms with Gasteiger partial charge < -0.3 is 5.32 Å². The van der Waals surface area contributed by atoms with Gasteiger partial charge in [0.15, 0.2) is 5.17 Å². The molecule has 2 nitrogen and oxygen atoms in total. The zero-order chi connectivity index (χ0) is 14.6. The molecule has 0 aromatic heterocycles. The summed E-state index contributed by atoms with van der Waals surface area (Å²) >= 11 is 3.53. The van der Waals surface area contributed by atoms with E-state index in [0.717, 1.165) is 17.7 Å². The van der Waals surface area contributed by atoms with Gasteiger partial charge in [0.05, 0.1) is 11.6 Å². The molecule has 1 aromatic carbocycles. The van der Waals surface area contributed by atoms with Crippen molar-refractivity contribution in [2.45, 2.75) is 19.1 Å². The smallest absolute Gasteiger partial charge is 0.335 e. The minimum atomic E-state index is -4.31. The Kier molecular flexibility index (Phi) is 8.79. The molecule has 0 amide bonds. The Balaban J connectivity index is 0.00000115. The van der Waals surface area contributed by atoms with Gasteiger partial charge in [0.2, 0.25) is 0 Å². The number of rotatable bonds is 0. The fraction of sp³-hybridized carbons (Fsp3) is 0.417. The summed E-state index contributed by atoms with van der Waals surface area (Å²) < 4.78 is 37.7. The second-order valence-electron chi connectivity index (χ2n) is 3.74. The molecule has 0 saturated heterocycles. The molecule has 1 aromatic rings. The van der Waals surface area contributed by atoms with Crippen molar-refractivity contribution in [2.75, 3.05) is 16.5 Å². The van der Waals surface area contributed by atoms with Crippen LogP contribution in [0.3, 0.4) is 0 Å². The van der Waals surface area contributed by atoms with Crippen molar-refractivity contribution >= 4 is 69.2 Å². The lowest BCUT2D eigenvalue weighted by atomic mass is 10.0. The number of hydrogen-bond donors (Lipinski definition) is 1. The van der Waals surface area contributed by atoms with Crippen molar-refractivity contribution in [1.29, 1.82) is 0 Å². The van der Waals surface area contributed by atoms with Crippen LogP contribution in [0.4, 0.5) is 18.9 Å². The van der Waals surface area contributed by atoms with Crippen LogP contribution >= 0.6 is 58.3 Å². The van der Waals surface area contributed by atoms with Gasteiger partial charge in [-0.2, -0.15) is 13.2 Å². The molecule has 1 unspecified atom stereocenters. The van der Waals surface area contributed by atoms with Crippen LogP contribution in [0.5, 0.6) is 0 Å². The van der Waals surface area contributed by atoms with Crippen LogP contribution in [0.1, 0.15) is 24.1 Å². The minimum Gasteiger partial charge on any atom is -0.335 e. The highest BCUT2D eigenvalue weighted by molar-refractivity contribution is 14.1. The number of nitrogens with one attached hydrogen (secondary N) is 1. The maximum Gasteiger partial charge on any atom is 0.416 e. The highest BCUT2D eigenvalue weighted by Crippen LogP contribution is 2.37. The summed E-state index contributed by atoms with van der Waals surface area (Å²) in [5, 5.41) is 3.55. The first-order valence-corrected chi connectivity index (χ1v) is 8.78. The van der Waals surface area contributed by atoms with Gasteiger partial charge in [0, 0.05) is 5.69 Å². The number of amidine groups is 1. The number of halogens is 5. The largest absolute Gasteiger partial charge is 0.416 e. The number of anilines is 1. The maximum atomic E-state index is 12.6. The Morgan fingerprint density at radius 3 is 2.40 bits per heavy atom. The summed E-state index contributed by atoms with van der Waals surface area (Å²) in [6.07, 6.45) is -2.48. The van der Waals surface area contributed by atoms with Crippen molar-refractivity contribution < 1.29 is 13.2 Å². The van der Waals surface area contributed by atoms with E-state index < -0.39 is 11.7 Å². The molecule has 114 valence electrons. The molecule has 0 bridgehead atoms. The van der Waals surface area contributed by atoms with Crippen molar-refractivity contribution in [1.82, 2.24) is 0 Å². The van der Waals surface area contributed by atoms with Gasteiger partial charge in [0.25, 0.3) is 0 Å². The third-order valence-electron chi connectivity index (χ3n) is 2.58. The summed E-state index contributed by atoms with van der Waals surface area (Å²) in [5.74, 6) is 0. The van der Waals surface area contributed by atoms with E-state index in [0.29, 0.717) is 10.9 Å². The molecule has 1 aliphatic heterocycles. The second-order valence-corrected chi connectivity index (χ2v) is 4.53. The molecule has 0 saturated carbocycles. The summed E-state index contributed by atoms with van der Waals surface area (Å²) in [4.78, 5) is 6.29. The van der Waals surface area contributed by atoms with Gasteiger partial charge in [-0.1, -0.05) is 40.4 Å². The molecular weight excluding hydrogens is 515 g/mol. The normalized spacial score (nSPS) is 16.8. The van der Waals surface area contributed by atoms with Crippen LogP contribution in [0, 0.1) is 0 Å². The highest BCUT2D eigenvalue weighted by atomic mass is 127. The summed E-state index contributed by atoms with van der Waals surface area (Å²) in [5.41, 5.74) is 0.640. The molecule has 2 rings (SSSR count). The number of aliphatic imine (C=N–C) groups is 1. The van der Waals surface area contributed by atoms with Crippen molar-refractivity contribution in [3.8, 4) is 0 Å². The molecule has 0 aliphatic carbocycles. The van der Waals surface area contributed by atoms with Gasteiger partial charge in [-0.15, -0.1) is 24.0 Å². The highest BCUT2D eigenvalue weighted by Gasteiger charge is 2.32. The zero-order valence-electron chi connectivity index (χ0n) is 11.1. The van der Waals surface area contributed by atoms with E-state index >= 15 is 0 Å². The Morgan fingerprint density at radius 1 is 1.30 bits per heavy atom. The first-order chi connectivity index (χ1) is 8.91. The molecule has 20 heavy (non-hydrogen) atoms. The van der Waals surface area contributed by atoms with Crippen molar-refractivity contribution in [3.05, 3.63) is 29.3 Å². The lowest BCUT2D eigenvalue weighted by molar-refractivity contribution is -0.137. The molecule has 1 heterocycles. The zero-order valence-corrected chi connectivity index (χ0v) is 16.4. The fourth-order valence-corrected chi connectivity index (χ4v) is 2.18. The predicted molar refractivity (Wildman–Crippen MR) is 99.8 cm³/mol. The molecule has 0 radical (unpaired) electrons. The van der Waals surface area contributed by atoms with Gasteiger partial charge in [0.1, 0.15) is 0 Å². The van der Waals surface area contributed by atoms with Gasteiger partial charge >= 0.3 is 6.18 Å². The monoisotopic (exact) mass is 530 g/mol. The SMILES string of the molecule is CI.CSC1=NC(C)c2ccc(C(F)(F)F)cc2N1.I. The lowest BCUT2D eigenvalue weighted by Crippen LogP contribution is -2.17. The molecule has 1 N–H and O–H groups in total. The first-order valence-electron chi connectivity index (χ1n) is 5.39.